The Bertz CT molecular complexity index is 606. The second kappa shape index (κ2) is 9.71. The number of nitrogens with zero attached hydrogens (tertiary/aromatic N) is 2. The number of hydrogen-bond donors (Lipinski definition) is 2. The lowest BCUT2D eigenvalue weighted by Crippen LogP contribution is -2.23. The summed E-state index contributed by atoms with van der Waals surface area (Å²) in [5.74, 6) is 0.704. The van der Waals surface area contributed by atoms with Crippen molar-refractivity contribution in [3.05, 3.63) is 17.3 Å². The Hall–Kier alpha value is -1.89. The molecular weight excluding hydrogens is 334 g/mol. The normalized spacial score (nSPS) is 16.3. The Morgan fingerprint density at radius 3 is 2.62 bits per heavy atom. The minimum Gasteiger partial charge on any atom is -0.445 e. The highest BCUT2D eigenvalue weighted by Gasteiger charge is 2.26. The molecule has 1 aromatic heterocycles. The lowest BCUT2D eigenvalue weighted by Gasteiger charge is -2.22. The van der Waals surface area contributed by atoms with Crippen molar-refractivity contribution in [3.8, 4) is 0 Å². The molecule has 26 heavy (non-hydrogen) atoms. The van der Waals surface area contributed by atoms with Gasteiger partial charge in [0.1, 0.15) is 5.76 Å². The first-order valence-electron chi connectivity index (χ1n) is 9.54. The van der Waals surface area contributed by atoms with Crippen LogP contribution in [0, 0.1) is 12.8 Å². The number of rotatable bonds is 8. The Kier molecular flexibility index (Phi) is 7.63. The van der Waals surface area contributed by atoms with E-state index in [1.54, 1.807) is 26.5 Å². The van der Waals surface area contributed by atoms with Gasteiger partial charge in [0.05, 0.1) is 0 Å². The van der Waals surface area contributed by atoms with Crippen LogP contribution in [0.5, 0.6) is 0 Å². The van der Waals surface area contributed by atoms with Crippen molar-refractivity contribution in [2.24, 2.45) is 5.92 Å². The fourth-order valence-electron chi connectivity index (χ4n) is 3.71. The zero-order valence-corrected chi connectivity index (χ0v) is 16.1. The second-order valence-electron chi connectivity index (χ2n) is 7.53. The molecule has 2 N–H and O–H groups in total. The summed E-state index contributed by atoms with van der Waals surface area (Å²) in [4.78, 5) is 29.7. The van der Waals surface area contributed by atoms with Crippen LogP contribution in [0.15, 0.2) is 4.42 Å². The molecule has 146 valence electrons. The first-order valence-corrected chi connectivity index (χ1v) is 9.54. The number of carbonyl (C=O) groups is 2. The fraction of sp³-hybridized carbons (Fsp3) is 0.737. The van der Waals surface area contributed by atoms with E-state index in [1.165, 1.54) is 37.0 Å². The third-order valence-corrected chi connectivity index (χ3v) is 5.22. The summed E-state index contributed by atoms with van der Waals surface area (Å²) < 4.78 is 5.72. The first kappa shape index (κ1) is 20.4. The van der Waals surface area contributed by atoms with Crippen molar-refractivity contribution in [1.82, 2.24) is 15.4 Å². The summed E-state index contributed by atoms with van der Waals surface area (Å²) in [7, 11) is 3.33. The molecule has 0 unspecified atom stereocenters. The molecule has 0 aromatic carbocycles. The van der Waals surface area contributed by atoms with Gasteiger partial charge in [0.25, 0.3) is 5.91 Å². The molecule has 0 bridgehead atoms. The van der Waals surface area contributed by atoms with Crippen LogP contribution in [0.1, 0.15) is 85.8 Å². The maximum Gasteiger partial charge on any atom is 0.275 e. The van der Waals surface area contributed by atoms with Crippen LogP contribution in [0.25, 0.3) is 0 Å². The number of nitrogens with one attached hydrogen (secondary N) is 1. The van der Waals surface area contributed by atoms with Crippen LogP contribution in [0.3, 0.4) is 0 Å². The largest absolute Gasteiger partial charge is 0.445 e. The predicted octanol–water partition coefficient (Wildman–Crippen LogP) is 3.41. The molecule has 1 fully saturated rings. The average molecular weight is 365 g/mol. The lowest BCUT2D eigenvalue weighted by atomic mass is 9.84. The van der Waals surface area contributed by atoms with Crippen LogP contribution in [0.2, 0.25) is 0 Å². The first-order chi connectivity index (χ1) is 12.4. The highest BCUT2D eigenvalue weighted by atomic mass is 16.5. The predicted molar refractivity (Wildman–Crippen MR) is 97.0 cm³/mol. The summed E-state index contributed by atoms with van der Waals surface area (Å²) >= 11 is 0. The van der Waals surface area contributed by atoms with Gasteiger partial charge >= 0.3 is 0 Å². The van der Waals surface area contributed by atoms with Crippen molar-refractivity contribution in [3.63, 3.8) is 0 Å². The molecule has 2 amide bonds. The average Bonchev–Trinajstić information content (AvgIpc) is 3.02. The number of hydroxylamine groups is 1. The molecule has 0 aliphatic heterocycles. The number of oxazole rings is 1. The Balaban J connectivity index is 2.04. The maximum atomic E-state index is 12.2. The van der Waals surface area contributed by atoms with Gasteiger partial charge in [-0.25, -0.2) is 10.5 Å². The maximum absolute atomic E-state index is 12.2. The van der Waals surface area contributed by atoms with E-state index in [0.717, 1.165) is 25.2 Å². The van der Waals surface area contributed by atoms with E-state index in [4.69, 9.17) is 9.62 Å². The summed E-state index contributed by atoms with van der Waals surface area (Å²) in [5.41, 5.74) is 1.97. The number of aromatic nitrogens is 1. The third-order valence-electron chi connectivity index (χ3n) is 5.22. The zero-order chi connectivity index (χ0) is 19.1. The van der Waals surface area contributed by atoms with Gasteiger partial charge in [-0.2, -0.15) is 0 Å². The van der Waals surface area contributed by atoms with Gasteiger partial charge in [0.15, 0.2) is 11.6 Å². The van der Waals surface area contributed by atoms with E-state index in [9.17, 15) is 9.59 Å². The van der Waals surface area contributed by atoms with E-state index < -0.39 is 5.91 Å². The van der Waals surface area contributed by atoms with Crippen molar-refractivity contribution >= 4 is 11.8 Å². The Morgan fingerprint density at radius 1 is 1.31 bits per heavy atom. The summed E-state index contributed by atoms with van der Waals surface area (Å²) in [6, 6.07) is 0. The summed E-state index contributed by atoms with van der Waals surface area (Å²) in [6.07, 6.45) is 9.52. The van der Waals surface area contributed by atoms with Crippen LogP contribution in [0.4, 0.5) is 0 Å². The van der Waals surface area contributed by atoms with Gasteiger partial charge in [-0.15, -0.1) is 0 Å². The molecule has 0 saturated heterocycles. The molecule has 0 spiro atoms. The topological polar surface area (TPSA) is 95.7 Å². The smallest absolute Gasteiger partial charge is 0.275 e. The van der Waals surface area contributed by atoms with E-state index in [1.807, 2.05) is 0 Å². The number of hydrogen-bond acceptors (Lipinski definition) is 5. The molecular formula is C19H31N3O4. The van der Waals surface area contributed by atoms with Crippen molar-refractivity contribution < 1.29 is 19.2 Å². The standard InChI is InChI=1S/C19H31N3O4/c1-13-17(19(24)22(2)3)20-18(26-13)15(12-16(23)21-25)11-7-10-14-8-5-4-6-9-14/h14-15,25H,4-12H2,1-3H3,(H,21,23)/t15-/m1/s1. The molecule has 2 rings (SSSR count). The molecule has 1 aromatic rings. The number of amides is 2. The molecule has 1 atom stereocenters. The van der Waals surface area contributed by atoms with E-state index in [0.29, 0.717) is 11.7 Å². The van der Waals surface area contributed by atoms with Gasteiger partial charge in [0.2, 0.25) is 5.91 Å². The number of carbonyl (C=O) groups excluding carboxylic acids is 2. The van der Waals surface area contributed by atoms with Crippen LogP contribution in [-0.2, 0) is 4.79 Å². The van der Waals surface area contributed by atoms with Crippen LogP contribution < -0.4 is 5.48 Å². The van der Waals surface area contributed by atoms with Crippen molar-refractivity contribution in [2.45, 2.75) is 70.6 Å². The number of aryl methyl sites for hydroxylation is 1. The molecule has 1 aliphatic rings. The van der Waals surface area contributed by atoms with E-state index in [2.05, 4.69) is 4.98 Å². The molecule has 1 heterocycles. The Labute approximate surface area is 155 Å². The summed E-state index contributed by atoms with van der Waals surface area (Å²) in [6.45, 7) is 1.71. The highest BCUT2D eigenvalue weighted by Crippen LogP contribution is 2.32. The molecule has 1 saturated carbocycles. The quantitative estimate of drug-likeness (QED) is 0.544. The zero-order valence-electron chi connectivity index (χ0n) is 16.1. The summed E-state index contributed by atoms with van der Waals surface area (Å²) in [5, 5.41) is 8.87. The molecule has 0 radical (unpaired) electrons. The highest BCUT2D eigenvalue weighted by molar-refractivity contribution is 5.92. The van der Waals surface area contributed by atoms with Gasteiger partial charge in [-0.05, 0) is 19.3 Å². The van der Waals surface area contributed by atoms with Crippen LogP contribution in [-0.4, -0.2) is 41.0 Å². The third kappa shape index (κ3) is 5.56. The van der Waals surface area contributed by atoms with Gasteiger partial charge < -0.3 is 9.32 Å². The minimum atomic E-state index is -0.469. The molecule has 7 heteroatoms. The lowest BCUT2D eigenvalue weighted by molar-refractivity contribution is -0.129. The monoisotopic (exact) mass is 365 g/mol. The van der Waals surface area contributed by atoms with Crippen LogP contribution >= 0.6 is 0 Å². The SMILES string of the molecule is Cc1oc([C@H](CCCC2CCCCC2)CC(=O)NO)nc1C(=O)N(C)C. The minimum absolute atomic E-state index is 0.0940. The van der Waals surface area contributed by atoms with Crippen molar-refractivity contribution in [1.29, 1.82) is 0 Å². The van der Waals surface area contributed by atoms with Gasteiger partial charge in [-0.3, -0.25) is 14.8 Å². The second-order valence-corrected chi connectivity index (χ2v) is 7.53. The Morgan fingerprint density at radius 2 is 2.00 bits per heavy atom. The van der Waals surface area contributed by atoms with E-state index >= 15 is 0 Å². The molecule has 7 nitrogen and oxygen atoms in total. The van der Waals surface area contributed by atoms with E-state index in [-0.39, 0.29) is 23.9 Å². The van der Waals surface area contributed by atoms with Gasteiger partial charge in [-0.1, -0.05) is 44.9 Å². The fourth-order valence-corrected chi connectivity index (χ4v) is 3.71. The van der Waals surface area contributed by atoms with Crippen molar-refractivity contribution in [2.75, 3.05) is 14.1 Å². The van der Waals surface area contributed by atoms with Gasteiger partial charge in [0, 0.05) is 26.4 Å². The molecule has 1 aliphatic carbocycles.